The number of hydrogen-bond donors (Lipinski definition) is 2. The van der Waals surface area contributed by atoms with Crippen LogP contribution in [-0.2, 0) is 6.61 Å². The van der Waals surface area contributed by atoms with Gasteiger partial charge < -0.3 is 10.4 Å². The second kappa shape index (κ2) is 5.13. The van der Waals surface area contributed by atoms with Crippen LogP contribution in [0.3, 0.4) is 0 Å². The van der Waals surface area contributed by atoms with Gasteiger partial charge in [0.25, 0.3) is 0 Å². The van der Waals surface area contributed by atoms with Crippen LogP contribution < -0.4 is 5.32 Å². The molecule has 0 amide bonds. The van der Waals surface area contributed by atoms with Crippen molar-refractivity contribution in [2.75, 3.05) is 11.9 Å². The zero-order valence-corrected chi connectivity index (χ0v) is 12.3. The molecule has 3 aromatic rings. The second-order valence-electron chi connectivity index (χ2n) is 5.38. The second-order valence-corrected chi connectivity index (χ2v) is 6.34. The molecule has 0 atom stereocenters. The average Bonchev–Trinajstić information content (AvgIpc) is 3.14. The number of aromatic nitrogens is 3. The smallest absolute Gasteiger partial charge is 0.214 e. The number of hydrogen-bond acceptors (Lipinski definition) is 5. The summed E-state index contributed by atoms with van der Waals surface area (Å²) in [7, 11) is 0. The van der Waals surface area contributed by atoms with Gasteiger partial charge in [0.05, 0.1) is 18.5 Å². The van der Waals surface area contributed by atoms with E-state index in [2.05, 4.69) is 15.4 Å². The molecule has 0 bridgehead atoms. The quantitative estimate of drug-likeness (QED) is 0.760. The number of rotatable bonds is 5. The van der Waals surface area contributed by atoms with Crippen molar-refractivity contribution in [2.45, 2.75) is 19.4 Å². The molecule has 21 heavy (non-hydrogen) atoms. The van der Waals surface area contributed by atoms with Crippen LogP contribution in [0.1, 0.15) is 18.4 Å². The number of aliphatic hydroxyl groups excluding tert-OH is 1. The highest BCUT2D eigenvalue weighted by molar-refractivity contribution is 7.20. The minimum atomic E-state index is 0.0142. The molecule has 2 N–H and O–H groups in total. The van der Waals surface area contributed by atoms with Crippen LogP contribution in [0.2, 0.25) is 0 Å². The summed E-state index contributed by atoms with van der Waals surface area (Å²) in [5.74, 6) is 0.816. The molecular formula is C15H16N4OS. The summed E-state index contributed by atoms with van der Waals surface area (Å²) in [4.78, 5) is 5.30. The van der Waals surface area contributed by atoms with Gasteiger partial charge in [-0.25, -0.2) is 9.50 Å². The van der Waals surface area contributed by atoms with E-state index in [1.807, 2.05) is 35.0 Å². The monoisotopic (exact) mass is 300 g/mol. The van der Waals surface area contributed by atoms with Gasteiger partial charge in [-0.1, -0.05) is 35.6 Å². The molecule has 0 spiro atoms. The fourth-order valence-electron chi connectivity index (χ4n) is 2.41. The van der Waals surface area contributed by atoms with Crippen LogP contribution in [0.25, 0.3) is 16.2 Å². The lowest BCUT2D eigenvalue weighted by atomic mass is 10.1. The third-order valence-corrected chi connectivity index (χ3v) is 4.67. The first-order valence-corrected chi connectivity index (χ1v) is 7.94. The van der Waals surface area contributed by atoms with Crippen molar-refractivity contribution < 1.29 is 5.11 Å². The van der Waals surface area contributed by atoms with Gasteiger partial charge >= 0.3 is 0 Å². The molecule has 1 saturated carbocycles. The van der Waals surface area contributed by atoms with E-state index < -0.39 is 0 Å². The van der Waals surface area contributed by atoms with Crippen molar-refractivity contribution in [2.24, 2.45) is 5.92 Å². The number of nitrogens with zero attached hydrogens (tertiary/aromatic N) is 3. The number of imidazole rings is 1. The fourth-order valence-corrected chi connectivity index (χ4v) is 3.19. The molecule has 0 saturated heterocycles. The Labute approximate surface area is 126 Å². The molecule has 6 heteroatoms. The summed E-state index contributed by atoms with van der Waals surface area (Å²) in [6.07, 6.45) is 4.47. The highest BCUT2D eigenvalue weighted by Gasteiger charge is 2.21. The lowest BCUT2D eigenvalue weighted by molar-refractivity contribution is 0.282. The van der Waals surface area contributed by atoms with Crippen LogP contribution in [-0.4, -0.2) is 26.2 Å². The number of fused-ring (bicyclic) bond motifs is 1. The SMILES string of the molecule is OCc1ccccc1-c1cnc2sc(NCC3CC3)nn12. The average molecular weight is 300 g/mol. The molecule has 0 radical (unpaired) electrons. The molecule has 1 fully saturated rings. The van der Waals surface area contributed by atoms with Crippen LogP contribution in [0.5, 0.6) is 0 Å². The lowest BCUT2D eigenvalue weighted by Gasteiger charge is -2.05. The van der Waals surface area contributed by atoms with E-state index in [-0.39, 0.29) is 6.61 Å². The maximum absolute atomic E-state index is 9.49. The van der Waals surface area contributed by atoms with Gasteiger partial charge in [-0.05, 0) is 24.3 Å². The first kappa shape index (κ1) is 12.8. The predicted octanol–water partition coefficient (Wildman–Crippen LogP) is 2.77. The van der Waals surface area contributed by atoms with Crippen LogP contribution >= 0.6 is 11.3 Å². The molecule has 1 aliphatic rings. The summed E-state index contributed by atoms with van der Waals surface area (Å²) in [5.41, 5.74) is 2.79. The Kier molecular flexibility index (Phi) is 3.12. The summed E-state index contributed by atoms with van der Waals surface area (Å²) < 4.78 is 1.86. The van der Waals surface area contributed by atoms with Gasteiger partial charge in [0, 0.05) is 12.1 Å². The Morgan fingerprint density at radius 3 is 3.00 bits per heavy atom. The molecule has 2 heterocycles. The van der Waals surface area contributed by atoms with Crippen molar-refractivity contribution in [3.05, 3.63) is 36.0 Å². The molecule has 2 aromatic heterocycles. The maximum atomic E-state index is 9.49. The van der Waals surface area contributed by atoms with Crippen LogP contribution in [0.4, 0.5) is 5.13 Å². The summed E-state index contributed by atoms with van der Waals surface area (Å²) in [6.45, 7) is 1.01. The third-order valence-electron chi connectivity index (χ3n) is 3.79. The van der Waals surface area contributed by atoms with E-state index in [0.29, 0.717) is 0 Å². The largest absolute Gasteiger partial charge is 0.392 e. The van der Waals surface area contributed by atoms with Gasteiger partial charge in [-0.2, -0.15) is 0 Å². The fraction of sp³-hybridized carbons (Fsp3) is 0.333. The molecule has 5 nitrogen and oxygen atoms in total. The Bertz CT molecular complexity index is 775. The first-order valence-electron chi connectivity index (χ1n) is 7.12. The van der Waals surface area contributed by atoms with Crippen LogP contribution in [0.15, 0.2) is 30.5 Å². The van der Waals surface area contributed by atoms with Crippen molar-refractivity contribution in [3.63, 3.8) is 0 Å². The van der Waals surface area contributed by atoms with E-state index in [0.717, 1.165) is 39.4 Å². The Hall–Kier alpha value is -1.92. The highest BCUT2D eigenvalue weighted by atomic mass is 32.1. The van der Waals surface area contributed by atoms with Gasteiger partial charge in [-0.15, -0.1) is 5.10 Å². The third kappa shape index (κ3) is 2.41. The Balaban J connectivity index is 1.71. The number of benzene rings is 1. The number of nitrogens with one attached hydrogen (secondary N) is 1. The first-order chi connectivity index (χ1) is 10.3. The Morgan fingerprint density at radius 2 is 2.19 bits per heavy atom. The standard InChI is InChI=1S/C15H16N4OS/c20-9-11-3-1-2-4-12(11)13-8-17-15-19(13)18-14(21-15)16-7-10-5-6-10/h1-4,8,10,20H,5-7,9H2,(H,16,18). The van der Waals surface area contributed by atoms with Gasteiger partial charge in [-0.3, -0.25) is 0 Å². The van der Waals surface area contributed by atoms with E-state index in [9.17, 15) is 5.11 Å². The molecule has 0 aliphatic heterocycles. The normalized spacial score (nSPS) is 14.7. The van der Waals surface area contributed by atoms with E-state index in [1.165, 1.54) is 12.8 Å². The molecule has 1 aromatic carbocycles. The highest BCUT2D eigenvalue weighted by Crippen LogP contribution is 2.31. The number of anilines is 1. The topological polar surface area (TPSA) is 62.5 Å². The summed E-state index contributed by atoms with van der Waals surface area (Å²) in [6, 6.07) is 7.81. The van der Waals surface area contributed by atoms with E-state index in [4.69, 9.17) is 0 Å². The van der Waals surface area contributed by atoms with Gasteiger partial charge in [0.15, 0.2) is 0 Å². The van der Waals surface area contributed by atoms with Crippen molar-refractivity contribution >= 4 is 21.4 Å². The zero-order chi connectivity index (χ0) is 14.2. The van der Waals surface area contributed by atoms with Crippen molar-refractivity contribution in [1.82, 2.24) is 14.6 Å². The summed E-state index contributed by atoms with van der Waals surface area (Å²) in [5, 5.41) is 18.4. The number of aliphatic hydroxyl groups is 1. The Morgan fingerprint density at radius 1 is 1.33 bits per heavy atom. The van der Waals surface area contributed by atoms with Gasteiger partial charge in [0.2, 0.25) is 10.1 Å². The van der Waals surface area contributed by atoms with E-state index >= 15 is 0 Å². The zero-order valence-electron chi connectivity index (χ0n) is 11.5. The van der Waals surface area contributed by atoms with E-state index in [1.54, 1.807) is 11.3 Å². The molecule has 108 valence electrons. The molecular weight excluding hydrogens is 284 g/mol. The van der Waals surface area contributed by atoms with Crippen molar-refractivity contribution in [3.8, 4) is 11.3 Å². The minimum absolute atomic E-state index is 0.0142. The maximum Gasteiger partial charge on any atom is 0.214 e. The predicted molar refractivity (Wildman–Crippen MR) is 83.4 cm³/mol. The van der Waals surface area contributed by atoms with Gasteiger partial charge in [0.1, 0.15) is 0 Å². The van der Waals surface area contributed by atoms with Crippen molar-refractivity contribution in [1.29, 1.82) is 0 Å². The minimum Gasteiger partial charge on any atom is -0.392 e. The molecule has 1 aliphatic carbocycles. The molecule has 0 unspecified atom stereocenters. The lowest BCUT2D eigenvalue weighted by Crippen LogP contribution is -2.03. The van der Waals surface area contributed by atoms with Crippen LogP contribution in [0, 0.1) is 5.92 Å². The molecule has 4 rings (SSSR count). The summed E-state index contributed by atoms with van der Waals surface area (Å²) >= 11 is 1.56.